The second-order valence-electron chi connectivity index (χ2n) is 7.96. The third-order valence-electron chi connectivity index (χ3n) is 5.23. The van der Waals surface area contributed by atoms with Gasteiger partial charge in [0.1, 0.15) is 4.32 Å². The maximum atomic E-state index is 5.30. The molecule has 3 nitrogen and oxygen atoms in total. The van der Waals surface area contributed by atoms with Crippen molar-refractivity contribution in [1.29, 1.82) is 0 Å². The molecule has 2 aromatic heterocycles. The molecule has 0 amide bonds. The second kappa shape index (κ2) is 15.9. The SMILES string of the molecule is S=C(NCc1ccccc1)SCc1ccccc1.[Zn].c1ccc2sc(SSc3nc4ccccc4s3)nc2c1. The Morgan fingerprint density at radius 3 is 1.62 bits per heavy atom. The van der Waals surface area contributed by atoms with Crippen molar-refractivity contribution in [3.63, 3.8) is 0 Å². The number of fused-ring (bicyclic) bond motifs is 2. The van der Waals surface area contributed by atoms with Crippen molar-refractivity contribution in [3.8, 4) is 0 Å². The Morgan fingerprint density at radius 1 is 0.641 bits per heavy atom. The molecule has 6 rings (SSSR count). The molecule has 192 valence electrons. The van der Waals surface area contributed by atoms with E-state index in [2.05, 4.69) is 88.1 Å². The van der Waals surface area contributed by atoms with E-state index in [1.54, 1.807) is 56.0 Å². The van der Waals surface area contributed by atoms with E-state index in [-0.39, 0.29) is 19.5 Å². The zero-order valence-electron chi connectivity index (χ0n) is 20.9. The van der Waals surface area contributed by atoms with Crippen molar-refractivity contribution in [1.82, 2.24) is 15.3 Å². The van der Waals surface area contributed by atoms with Crippen LogP contribution in [0.15, 0.2) is 118 Å². The Kier molecular flexibility index (Phi) is 12.3. The first-order chi connectivity index (χ1) is 18.7. The summed E-state index contributed by atoms with van der Waals surface area (Å²) in [5.74, 6) is 0.918. The fourth-order valence-corrected chi connectivity index (χ4v) is 8.80. The second-order valence-corrected chi connectivity index (χ2v) is 14.3. The van der Waals surface area contributed by atoms with E-state index < -0.39 is 0 Å². The van der Waals surface area contributed by atoms with E-state index in [0.29, 0.717) is 0 Å². The topological polar surface area (TPSA) is 37.8 Å². The summed E-state index contributed by atoms with van der Waals surface area (Å²) in [6, 6.07) is 37.1. The van der Waals surface area contributed by atoms with Crippen molar-refractivity contribution in [2.75, 3.05) is 0 Å². The van der Waals surface area contributed by atoms with E-state index in [0.717, 1.165) is 36.3 Å². The zero-order chi connectivity index (χ0) is 26.0. The van der Waals surface area contributed by atoms with Gasteiger partial charge in [0, 0.05) is 31.8 Å². The quantitative estimate of drug-likeness (QED) is 0.103. The van der Waals surface area contributed by atoms with Crippen LogP contribution in [0.25, 0.3) is 20.4 Å². The summed E-state index contributed by atoms with van der Waals surface area (Å²) in [4.78, 5) is 9.24. The van der Waals surface area contributed by atoms with Crippen LogP contribution in [0.1, 0.15) is 11.1 Å². The molecule has 0 aliphatic carbocycles. The first-order valence-electron chi connectivity index (χ1n) is 11.8. The molecule has 0 spiro atoms. The number of para-hydroxylation sites is 2. The van der Waals surface area contributed by atoms with Crippen LogP contribution in [0.2, 0.25) is 0 Å². The van der Waals surface area contributed by atoms with Gasteiger partial charge in [0.05, 0.1) is 20.4 Å². The molecule has 2 heterocycles. The largest absolute Gasteiger partial charge is 0.367 e. The summed E-state index contributed by atoms with van der Waals surface area (Å²) < 4.78 is 5.48. The minimum atomic E-state index is 0. The van der Waals surface area contributed by atoms with Crippen LogP contribution >= 0.6 is 68.2 Å². The molecular formula is C29H23N3S6Zn. The van der Waals surface area contributed by atoms with Crippen molar-refractivity contribution in [2.45, 2.75) is 21.0 Å². The fourth-order valence-electron chi connectivity index (χ4n) is 3.39. The van der Waals surface area contributed by atoms with Crippen LogP contribution in [0.3, 0.4) is 0 Å². The number of benzene rings is 4. The van der Waals surface area contributed by atoms with Gasteiger partial charge in [-0.05, 0) is 57.0 Å². The number of nitrogens with one attached hydrogen (secondary N) is 1. The van der Waals surface area contributed by atoms with Crippen molar-refractivity contribution < 1.29 is 19.5 Å². The predicted octanol–water partition coefficient (Wildman–Crippen LogP) is 9.70. The van der Waals surface area contributed by atoms with E-state index in [1.165, 1.54) is 20.5 Å². The van der Waals surface area contributed by atoms with Gasteiger partial charge in [-0.15, -0.1) is 22.7 Å². The number of aromatic nitrogens is 2. The summed E-state index contributed by atoms with van der Waals surface area (Å²) in [6.07, 6.45) is 0. The molecule has 0 aliphatic rings. The Balaban J connectivity index is 0.000000178. The smallest absolute Gasteiger partial charge is 0.162 e. The van der Waals surface area contributed by atoms with Crippen LogP contribution in [0.4, 0.5) is 0 Å². The van der Waals surface area contributed by atoms with Gasteiger partial charge in [-0.3, -0.25) is 0 Å². The van der Waals surface area contributed by atoms with Crippen LogP contribution in [0, 0.1) is 0 Å². The van der Waals surface area contributed by atoms with Gasteiger partial charge in [0.2, 0.25) is 0 Å². The maximum Gasteiger partial charge on any atom is 0.162 e. The number of nitrogens with zero attached hydrogens (tertiary/aromatic N) is 2. The molecule has 1 N–H and O–H groups in total. The Labute approximate surface area is 266 Å². The first-order valence-corrected chi connectivity index (χ1v) is 16.9. The minimum Gasteiger partial charge on any atom is -0.367 e. The molecule has 0 bridgehead atoms. The van der Waals surface area contributed by atoms with E-state index in [9.17, 15) is 0 Å². The molecule has 4 aromatic carbocycles. The van der Waals surface area contributed by atoms with E-state index in [4.69, 9.17) is 12.2 Å². The predicted molar refractivity (Wildman–Crippen MR) is 175 cm³/mol. The number of hydrogen-bond donors (Lipinski definition) is 1. The van der Waals surface area contributed by atoms with Crippen LogP contribution in [-0.2, 0) is 31.8 Å². The maximum absolute atomic E-state index is 5.30. The van der Waals surface area contributed by atoms with Crippen LogP contribution < -0.4 is 5.32 Å². The molecule has 0 saturated carbocycles. The fraction of sp³-hybridized carbons (Fsp3) is 0.0690. The molecule has 0 radical (unpaired) electrons. The van der Waals surface area contributed by atoms with Gasteiger partial charge < -0.3 is 5.32 Å². The van der Waals surface area contributed by atoms with Crippen LogP contribution in [-0.4, -0.2) is 14.3 Å². The summed E-state index contributed by atoms with van der Waals surface area (Å²) >= 11 is 10.4. The molecule has 6 aromatic rings. The van der Waals surface area contributed by atoms with Crippen molar-refractivity contribution in [3.05, 3.63) is 120 Å². The van der Waals surface area contributed by atoms with E-state index >= 15 is 0 Å². The monoisotopic (exact) mass is 669 g/mol. The number of thiocarbonyl (C=S) groups is 1. The van der Waals surface area contributed by atoms with Gasteiger partial charge >= 0.3 is 0 Å². The van der Waals surface area contributed by atoms with Gasteiger partial charge in [-0.25, -0.2) is 9.97 Å². The van der Waals surface area contributed by atoms with Crippen LogP contribution in [0.5, 0.6) is 0 Å². The van der Waals surface area contributed by atoms with Gasteiger partial charge in [-0.1, -0.05) is 109 Å². The van der Waals surface area contributed by atoms with Gasteiger partial charge in [0.15, 0.2) is 8.68 Å². The molecular weight excluding hydrogens is 648 g/mol. The zero-order valence-corrected chi connectivity index (χ0v) is 28.7. The average Bonchev–Trinajstić information content (AvgIpc) is 3.59. The normalized spacial score (nSPS) is 10.5. The molecule has 0 atom stereocenters. The summed E-state index contributed by atoms with van der Waals surface area (Å²) in [5, 5.41) is 3.26. The van der Waals surface area contributed by atoms with Gasteiger partial charge in [-0.2, -0.15) is 0 Å². The Bertz CT molecular complexity index is 1420. The summed E-state index contributed by atoms with van der Waals surface area (Å²) in [7, 11) is 3.37. The molecule has 0 saturated heterocycles. The Hall–Kier alpha value is -1.78. The third-order valence-corrected chi connectivity index (χ3v) is 11.7. The Morgan fingerprint density at radius 2 is 1.10 bits per heavy atom. The van der Waals surface area contributed by atoms with E-state index in [1.807, 2.05) is 36.4 Å². The number of hydrogen-bond acceptors (Lipinski definition) is 8. The van der Waals surface area contributed by atoms with Crippen molar-refractivity contribution in [2.24, 2.45) is 0 Å². The average molecular weight is 671 g/mol. The first kappa shape index (κ1) is 30.2. The van der Waals surface area contributed by atoms with Gasteiger partial charge in [0.25, 0.3) is 0 Å². The molecule has 0 aliphatic heterocycles. The summed E-state index contributed by atoms with van der Waals surface area (Å²) in [6.45, 7) is 0.793. The standard InChI is InChI=1S/C15H15NS2.C14H8N2S4.Zn/c17-15(16-11-13-7-3-1-4-8-13)18-12-14-9-5-2-6-10-14;1-3-7-11-9(5-1)15-13(17-11)19-20-14-16-10-6-2-4-8-12(10)18-14;/h1-10H,11-12H2,(H,16,17);1-8H;. The molecule has 0 unspecified atom stereocenters. The third kappa shape index (κ3) is 9.39. The number of thioether (sulfide) groups is 1. The summed E-state index contributed by atoms with van der Waals surface area (Å²) in [5.41, 5.74) is 4.70. The molecule has 10 heteroatoms. The minimum absolute atomic E-state index is 0. The molecule has 0 fully saturated rings. The number of rotatable bonds is 7. The molecule has 39 heavy (non-hydrogen) atoms. The number of thiazole rings is 2. The van der Waals surface area contributed by atoms with Crippen molar-refractivity contribution >= 4 is 93.0 Å².